The summed E-state index contributed by atoms with van der Waals surface area (Å²) in [6.45, 7) is 2.55. The van der Waals surface area contributed by atoms with E-state index in [1.54, 1.807) is 31.2 Å². The SMILES string of the molecule is CC(Nc1ccccc1C(=O)O)c1cc(F)cc2c(=O)cc(N3Cc4ccc(F)cc4C3)oc12. The molecule has 1 aliphatic heterocycles. The summed E-state index contributed by atoms with van der Waals surface area (Å²) in [5.74, 6) is -1.75. The molecule has 8 heteroatoms. The maximum absolute atomic E-state index is 14.5. The third-order valence-electron chi connectivity index (χ3n) is 6.01. The molecule has 5 rings (SSSR count). The number of aromatic carboxylic acids is 1. The lowest BCUT2D eigenvalue weighted by atomic mass is 10.0. The van der Waals surface area contributed by atoms with Crippen LogP contribution in [0.3, 0.4) is 0 Å². The summed E-state index contributed by atoms with van der Waals surface area (Å²) >= 11 is 0. The minimum atomic E-state index is -1.10. The Morgan fingerprint density at radius 2 is 1.79 bits per heavy atom. The van der Waals surface area contributed by atoms with Gasteiger partial charge < -0.3 is 19.7 Å². The zero-order valence-electron chi connectivity index (χ0n) is 18.1. The molecule has 34 heavy (non-hydrogen) atoms. The van der Waals surface area contributed by atoms with Crippen LogP contribution in [-0.2, 0) is 13.1 Å². The van der Waals surface area contributed by atoms with Gasteiger partial charge in [0.05, 0.1) is 17.0 Å². The third kappa shape index (κ3) is 3.87. The Bertz CT molecular complexity index is 1500. The van der Waals surface area contributed by atoms with Crippen LogP contribution < -0.4 is 15.6 Å². The molecule has 3 aromatic carbocycles. The topological polar surface area (TPSA) is 82.8 Å². The van der Waals surface area contributed by atoms with E-state index in [4.69, 9.17) is 4.42 Å². The van der Waals surface area contributed by atoms with E-state index in [2.05, 4.69) is 5.32 Å². The van der Waals surface area contributed by atoms with Gasteiger partial charge in [0.2, 0.25) is 5.88 Å². The quantitative estimate of drug-likeness (QED) is 0.410. The number of benzene rings is 3. The average molecular weight is 462 g/mol. The Morgan fingerprint density at radius 3 is 2.59 bits per heavy atom. The first-order valence-corrected chi connectivity index (χ1v) is 10.7. The van der Waals surface area contributed by atoms with Crippen molar-refractivity contribution in [3.8, 4) is 0 Å². The van der Waals surface area contributed by atoms with E-state index in [0.29, 0.717) is 30.2 Å². The monoisotopic (exact) mass is 462 g/mol. The molecule has 1 aliphatic rings. The first-order chi connectivity index (χ1) is 16.3. The minimum Gasteiger partial charge on any atom is -0.478 e. The van der Waals surface area contributed by atoms with Gasteiger partial charge in [0.25, 0.3) is 0 Å². The van der Waals surface area contributed by atoms with E-state index in [1.807, 2.05) is 4.90 Å². The van der Waals surface area contributed by atoms with Gasteiger partial charge in [-0.25, -0.2) is 13.6 Å². The second kappa shape index (κ2) is 8.30. The van der Waals surface area contributed by atoms with Gasteiger partial charge in [0, 0.05) is 30.4 Å². The number of para-hydroxylation sites is 1. The molecule has 0 spiro atoms. The highest BCUT2D eigenvalue weighted by Crippen LogP contribution is 2.33. The predicted molar refractivity (Wildman–Crippen MR) is 124 cm³/mol. The molecule has 1 aromatic heterocycles. The number of carboxylic acid groups (broad SMARTS) is 1. The molecule has 1 atom stereocenters. The van der Waals surface area contributed by atoms with Crippen molar-refractivity contribution in [1.82, 2.24) is 0 Å². The molecule has 172 valence electrons. The fourth-order valence-corrected chi connectivity index (χ4v) is 4.34. The first kappa shape index (κ1) is 21.6. The van der Waals surface area contributed by atoms with Crippen molar-refractivity contribution in [2.75, 3.05) is 10.2 Å². The fraction of sp³-hybridized carbons (Fsp3) is 0.154. The second-order valence-corrected chi connectivity index (χ2v) is 8.31. The third-order valence-corrected chi connectivity index (χ3v) is 6.01. The Hall–Kier alpha value is -4.20. The highest BCUT2D eigenvalue weighted by atomic mass is 19.1. The van der Waals surface area contributed by atoms with Gasteiger partial charge in [-0.1, -0.05) is 18.2 Å². The van der Waals surface area contributed by atoms with Crippen molar-refractivity contribution in [3.63, 3.8) is 0 Å². The van der Waals surface area contributed by atoms with Crippen LogP contribution in [0, 0.1) is 11.6 Å². The maximum Gasteiger partial charge on any atom is 0.337 e. The lowest BCUT2D eigenvalue weighted by Crippen LogP contribution is -2.18. The van der Waals surface area contributed by atoms with Crippen molar-refractivity contribution in [3.05, 3.63) is 105 Å². The fourth-order valence-electron chi connectivity index (χ4n) is 4.34. The smallest absolute Gasteiger partial charge is 0.337 e. The number of nitrogens with one attached hydrogen (secondary N) is 1. The molecule has 6 nitrogen and oxygen atoms in total. The lowest BCUT2D eigenvalue weighted by molar-refractivity contribution is 0.0698. The Kier molecular flexibility index (Phi) is 5.28. The standard InChI is InChI=1S/C26H20F2N2O4/c1-14(29-22-5-3-2-4-19(22)26(32)33)20-9-18(28)10-21-23(31)11-24(34-25(20)21)30-12-15-6-7-17(27)8-16(15)13-30/h2-11,14,29H,12-13H2,1H3,(H,32,33). The van der Waals surface area contributed by atoms with Crippen LogP contribution in [0.25, 0.3) is 11.0 Å². The van der Waals surface area contributed by atoms with E-state index >= 15 is 0 Å². The van der Waals surface area contributed by atoms with Crippen molar-refractivity contribution >= 4 is 28.5 Å². The van der Waals surface area contributed by atoms with Crippen LogP contribution in [0.5, 0.6) is 0 Å². The van der Waals surface area contributed by atoms with E-state index in [9.17, 15) is 23.5 Å². The van der Waals surface area contributed by atoms with Crippen LogP contribution in [0.1, 0.15) is 40.0 Å². The first-order valence-electron chi connectivity index (χ1n) is 10.7. The van der Waals surface area contributed by atoms with Crippen LogP contribution in [0.2, 0.25) is 0 Å². The molecule has 0 saturated carbocycles. The van der Waals surface area contributed by atoms with Crippen molar-refractivity contribution in [2.45, 2.75) is 26.1 Å². The number of anilines is 2. The van der Waals surface area contributed by atoms with Crippen molar-refractivity contribution in [1.29, 1.82) is 0 Å². The van der Waals surface area contributed by atoms with Gasteiger partial charge >= 0.3 is 5.97 Å². The molecule has 0 bridgehead atoms. The highest BCUT2D eigenvalue weighted by Gasteiger charge is 2.24. The molecular formula is C26H20F2N2O4. The van der Waals surface area contributed by atoms with Gasteiger partial charge in [0.1, 0.15) is 17.2 Å². The molecule has 0 radical (unpaired) electrons. The summed E-state index contributed by atoms with van der Waals surface area (Å²) in [5, 5.41) is 12.6. The van der Waals surface area contributed by atoms with Gasteiger partial charge in [0.15, 0.2) is 5.43 Å². The summed E-state index contributed by atoms with van der Waals surface area (Å²) in [7, 11) is 0. The highest BCUT2D eigenvalue weighted by molar-refractivity contribution is 5.94. The number of hydrogen-bond acceptors (Lipinski definition) is 5. The van der Waals surface area contributed by atoms with Crippen LogP contribution >= 0.6 is 0 Å². The van der Waals surface area contributed by atoms with Crippen LogP contribution in [-0.4, -0.2) is 11.1 Å². The molecule has 0 fully saturated rings. The number of hydrogen-bond donors (Lipinski definition) is 2. The lowest BCUT2D eigenvalue weighted by Gasteiger charge is -2.20. The summed E-state index contributed by atoms with van der Waals surface area (Å²) in [6, 6.07) is 14.1. The summed E-state index contributed by atoms with van der Waals surface area (Å²) in [5.41, 5.74) is 2.34. The molecule has 0 aliphatic carbocycles. The Labute approximate surface area is 193 Å². The minimum absolute atomic E-state index is 0.0688. The van der Waals surface area contributed by atoms with Crippen molar-refractivity contribution in [2.24, 2.45) is 0 Å². The number of carbonyl (C=O) groups is 1. The summed E-state index contributed by atoms with van der Waals surface area (Å²) in [6.07, 6.45) is 0. The van der Waals surface area contributed by atoms with Crippen LogP contribution in [0.4, 0.5) is 20.4 Å². The largest absolute Gasteiger partial charge is 0.478 e. The number of rotatable bonds is 5. The zero-order valence-corrected chi connectivity index (χ0v) is 18.1. The van der Waals surface area contributed by atoms with Gasteiger partial charge in [-0.05, 0) is 54.4 Å². The molecule has 0 amide bonds. The average Bonchev–Trinajstić information content (AvgIpc) is 3.22. The van der Waals surface area contributed by atoms with E-state index in [0.717, 1.165) is 17.2 Å². The molecular weight excluding hydrogens is 442 g/mol. The van der Waals surface area contributed by atoms with Crippen molar-refractivity contribution < 1.29 is 23.1 Å². The van der Waals surface area contributed by atoms with Crippen LogP contribution in [0.15, 0.2) is 69.9 Å². The van der Waals surface area contributed by atoms with Gasteiger partial charge in [-0.15, -0.1) is 0 Å². The van der Waals surface area contributed by atoms with Gasteiger partial charge in [-0.3, -0.25) is 4.79 Å². The predicted octanol–water partition coefficient (Wildman–Crippen LogP) is 5.46. The number of halogens is 2. The molecule has 0 saturated heterocycles. The molecule has 4 aromatic rings. The molecule has 1 unspecified atom stereocenters. The number of fused-ring (bicyclic) bond motifs is 2. The molecule has 2 N–H and O–H groups in total. The maximum atomic E-state index is 14.5. The molecule has 2 heterocycles. The van der Waals surface area contributed by atoms with E-state index in [1.165, 1.54) is 30.3 Å². The summed E-state index contributed by atoms with van der Waals surface area (Å²) in [4.78, 5) is 26.3. The normalized spacial score (nSPS) is 13.7. The van der Waals surface area contributed by atoms with E-state index < -0.39 is 23.3 Å². The van der Waals surface area contributed by atoms with Gasteiger partial charge in [-0.2, -0.15) is 0 Å². The second-order valence-electron chi connectivity index (χ2n) is 8.31. The van der Waals surface area contributed by atoms with E-state index in [-0.39, 0.29) is 22.3 Å². The summed E-state index contributed by atoms with van der Waals surface area (Å²) < 4.78 is 34.2. The zero-order chi connectivity index (χ0) is 24.0. The number of carboxylic acids is 1. The Balaban J connectivity index is 1.56. The number of nitrogens with zero attached hydrogens (tertiary/aromatic N) is 1. The Morgan fingerprint density at radius 1 is 1.03 bits per heavy atom.